The van der Waals surface area contributed by atoms with Gasteiger partial charge in [0.15, 0.2) is 0 Å². The van der Waals surface area contributed by atoms with Crippen LogP contribution in [0.15, 0.2) is 0 Å². The summed E-state index contributed by atoms with van der Waals surface area (Å²) in [7, 11) is 0.313. The van der Waals surface area contributed by atoms with Gasteiger partial charge in [0.2, 0.25) is 9.76 Å². The van der Waals surface area contributed by atoms with Crippen molar-refractivity contribution in [2.24, 2.45) is 0 Å². The van der Waals surface area contributed by atoms with Crippen LogP contribution in [-0.4, -0.2) is 41.2 Å². The largest absolute Gasteiger partial charge is 0.461 e. The Hall–Kier alpha value is -0.393. The third kappa shape index (κ3) is 3.34. The van der Waals surface area contributed by atoms with Crippen LogP contribution in [0.5, 0.6) is 0 Å². The quantitative estimate of drug-likeness (QED) is 0.346. The molecule has 0 bridgehead atoms. The third-order valence-electron chi connectivity index (χ3n) is 1.44. The van der Waals surface area contributed by atoms with Crippen LogP contribution in [0.3, 0.4) is 0 Å². The molecule has 68 valence electrons. The fourth-order valence-electron chi connectivity index (χ4n) is 0.682. The second kappa shape index (κ2) is 4.59. The van der Waals surface area contributed by atoms with Crippen molar-refractivity contribution in [2.45, 2.75) is 25.7 Å². The molecule has 1 aliphatic rings. The maximum atomic E-state index is 11.1. The molecule has 1 rings (SSSR count). The lowest BCUT2D eigenvalue weighted by Gasteiger charge is -2.09. The molecule has 2 radical (unpaired) electrons. The molecule has 5 heteroatoms. The fraction of sp³-hybridized carbons (Fsp3) is 0.857. The minimum absolute atomic E-state index is 0.130. The van der Waals surface area contributed by atoms with Gasteiger partial charge in [-0.2, -0.15) is 0 Å². The molecule has 0 spiro atoms. The third-order valence-corrected chi connectivity index (χ3v) is 2.03. The van der Waals surface area contributed by atoms with Crippen molar-refractivity contribution in [2.75, 3.05) is 13.2 Å². The van der Waals surface area contributed by atoms with Crippen LogP contribution in [0.25, 0.3) is 0 Å². The molecule has 0 aromatic rings. The van der Waals surface area contributed by atoms with Crippen LogP contribution in [0, 0.1) is 0 Å². The van der Waals surface area contributed by atoms with Crippen molar-refractivity contribution in [3.05, 3.63) is 0 Å². The molecule has 0 aromatic carbocycles. The van der Waals surface area contributed by atoms with Crippen LogP contribution < -0.4 is 0 Å². The summed E-state index contributed by atoms with van der Waals surface area (Å²) in [5.41, 5.74) is 0. The van der Waals surface area contributed by atoms with E-state index >= 15 is 0 Å². The molecule has 2 unspecified atom stereocenters. The summed E-state index contributed by atoms with van der Waals surface area (Å²) in [5, 5.41) is 0. The number of rotatable bonds is 5. The molecule has 0 N–H and O–H groups in total. The van der Waals surface area contributed by atoms with Crippen LogP contribution in [-0.2, 0) is 18.7 Å². The van der Waals surface area contributed by atoms with Gasteiger partial charge in [-0.15, -0.1) is 0 Å². The van der Waals surface area contributed by atoms with Gasteiger partial charge >= 0.3 is 5.97 Å². The van der Waals surface area contributed by atoms with Gasteiger partial charge in [0.25, 0.3) is 0 Å². The Kier molecular flexibility index (Phi) is 3.71. The van der Waals surface area contributed by atoms with Crippen LogP contribution >= 0.6 is 0 Å². The van der Waals surface area contributed by atoms with Crippen molar-refractivity contribution >= 4 is 15.7 Å². The first-order valence-electron chi connectivity index (χ1n) is 3.84. The van der Waals surface area contributed by atoms with Gasteiger partial charge in [0, 0.05) is 0 Å². The molecule has 4 nitrogen and oxygen atoms in total. The summed E-state index contributed by atoms with van der Waals surface area (Å²) in [6.45, 7) is 4.62. The van der Waals surface area contributed by atoms with E-state index in [2.05, 4.69) is 0 Å². The minimum Gasteiger partial charge on any atom is -0.461 e. The lowest BCUT2D eigenvalue weighted by atomic mass is 10.4. The second-order valence-electron chi connectivity index (χ2n) is 2.55. The SMILES string of the molecule is C[Si]OC(C)C(=O)OCC1CO1. The zero-order chi connectivity index (χ0) is 8.97. The van der Waals surface area contributed by atoms with Crippen molar-refractivity contribution in [3.8, 4) is 0 Å². The highest BCUT2D eigenvalue weighted by Gasteiger charge is 2.25. The maximum Gasteiger partial charge on any atom is 0.333 e. The second-order valence-corrected chi connectivity index (χ2v) is 3.19. The Balaban J connectivity index is 2.07. The predicted molar refractivity (Wildman–Crippen MR) is 42.9 cm³/mol. The highest BCUT2D eigenvalue weighted by molar-refractivity contribution is 6.25. The normalized spacial score (nSPS) is 23.3. The van der Waals surface area contributed by atoms with E-state index in [1.165, 1.54) is 0 Å². The molecule has 2 atom stereocenters. The van der Waals surface area contributed by atoms with E-state index in [4.69, 9.17) is 13.9 Å². The number of hydrogen-bond acceptors (Lipinski definition) is 4. The average Bonchev–Trinajstić information content (AvgIpc) is 2.83. The van der Waals surface area contributed by atoms with Gasteiger partial charge in [0.05, 0.1) is 6.61 Å². The molecule has 0 aliphatic carbocycles. The predicted octanol–water partition coefficient (Wildman–Crippen LogP) is 0.000800. The van der Waals surface area contributed by atoms with Gasteiger partial charge in [-0.1, -0.05) is 0 Å². The van der Waals surface area contributed by atoms with Gasteiger partial charge in [-0.3, -0.25) is 0 Å². The van der Waals surface area contributed by atoms with E-state index in [1.807, 2.05) is 6.55 Å². The molecule has 12 heavy (non-hydrogen) atoms. The van der Waals surface area contributed by atoms with E-state index in [1.54, 1.807) is 6.92 Å². The zero-order valence-electron chi connectivity index (χ0n) is 7.20. The highest BCUT2D eigenvalue weighted by atomic mass is 28.2. The van der Waals surface area contributed by atoms with Gasteiger partial charge in [-0.25, -0.2) is 4.79 Å². The first kappa shape index (κ1) is 9.69. The number of carbonyl (C=O) groups is 1. The molecule has 1 saturated heterocycles. The molecule has 0 saturated carbocycles. The first-order valence-corrected chi connectivity index (χ1v) is 5.25. The molecule has 0 amide bonds. The summed E-state index contributed by atoms with van der Waals surface area (Å²) in [6, 6.07) is 0. The van der Waals surface area contributed by atoms with Crippen LogP contribution in [0.2, 0.25) is 6.55 Å². The highest BCUT2D eigenvalue weighted by Crippen LogP contribution is 2.09. The van der Waals surface area contributed by atoms with Crippen molar-refractivity contribution in [1.82, 2.24) is 0 Å². The molecule has 1 fully saturated rings. The topological polar surface area (TPSA) is 48.1 Å². The minimum atomic E-state index is -0.452. The molecular weight excluding hydrogens is 176 g/mol. The fourth-order valence-corrected chi connectivity index (χ4v) is 1.13. The first-order chi connectivity index (χ1) is 5.74. The molecular formula is C7H12O4Si. The number of carbonyl (C=O) groups excluding carboxylic acids is 1. The van der Waals surface area contributed by atoms with Crippen LogP contribution in [0.1, 0.15) is 6.92 Å². The standard InChI is InChI=1S/C7H12O4Si/c1-5(11-12-2)7(8)10-4-6-3-9-6/h5-6H,3-4H2,1-2H3. The smallest absolute Gasteiger partial charge is 0.333 e. The number of hydrogen-bond donors (Lipinski definition) is 0. The number of epoxide rings is 1. The molecule has 1 heterocycles. The monoisotopic (exact) mass is 188 g/mol. The zero-order valence-corrected chi connectivity index (χ0v) is 8.20. The van der Waals surface area contributed by atoms with Crippen molar-refractivity contribution in [1.29, 1.82) is 0 Å². The Morgan fingerprint density at radius 2 is 2.50 bits per heavy atom. The summed E-state index contributed by atoms with van der Waals surface area (Å²) in [6.07, 6.45) is -0.322. The van der Waals surface area contributed by atoms with E-state index in [0.29, 0.717) is 23.0 Å². The number of esters is 1. The van der Waals surface area contributed by atoms with Crippen molar-refractivity contribution in [3.63, 3.8) is 0 Å². The average molecular weight is 188 g/mol. The Morgan fingerprint density at radius 3 is 3.00 bits per heavy atom. The maximum absolute atomic E-state index is 11.1. The molecule has 0 aromatic heterocycles. The Morgan fingerprint density at radius 1 is 1.83 bits per heavy atom. The lowest BCUT2D eigenvalue weighted by molar-refractivity contribution is -0.151. The Labute approximate surface area is 74.1 Å². The van der Waals surface area contributed by atoms with E-state index in [-0.39, 0.29) is 12.1 Å². The number of ether oxygens (including phenoxy) is 2. The van der Waals surface area contributed by atoms with E-state index < -0.39 is 6.10 Å². The van der Waals surface area contributed by atoms with Gasteiger partial charge in [-0.05, 0) is 13.5 Å². The molecule has 1 aliphatic heterocycles. The summed E-state index contributed by atoms with van der Waals surface area (Å²) in [4.78, 5) is 11.1. The van der Waals surface area contributed by atoms with E-state index in [9.17, 15) is 4.79 Å². The van der Waals surface area contributed by atoms with Crippen molar-refractivity contribution < 1.29 is 18.7 Å². The Bertz CT molecular complexity index is 157. The lowest BCUT2D eigenvalue weighted by Crippen LogP contribution is -2.25. The summed E-state index contributed by atoms with van der Waals surface area (Å²) < 4.78 is 14.8. The van der Waals surface area contributed by atoms with Gasteiger partial charge in [0.1, 0.15) is 18.8 Å². The summed E-state index contributed by atoms with van der Waals surface area (Å²) >= 11 is 0. The van der Waals surface area contributed by atoms with Gasteiger partial charge < -0.3 is 13.9 Å². The summed E-state index contributed by atoms with van der Waals surface area (Å²) in [5.74, 6) is -0.306. The van der Waals surface area contributed by atoms with Crippen LogP contribution in [0.4, 0.5) is 0 Å². The van der Waals surface area contributed by atoms with E-state index in [0.717, 1.165) is 0 Å².